The van der Waals surface area contributed by atoms with Gasteiger partial charge in [0.2, 0.25) is 0 Å². The van der Waals surface area contributed by atoms with Gasteiger partial charge in [0, 0.05) is 19.1 Å². The zero-order chi connectivity index (χ0) is 12.0. The highest BCUT2D eigenvalue weighted by Gasteiger charge is 2.08. The smallest absolute Gasteiger partial charge is 0.165 e. The molecule has 0 bridgehead atoms. The average Bonchev–Trinajstić information content (AvgIpc) is 2.29. The van der Waals surface area contributed by atoms with Gasteiger partial charge in [-0.1, -0.05) is 0 Å². The summed E-state index contributed by atoms with van der Waals surface area (Å²) in [4.78, 5) is 11.7. The highest BCUT2D eigenvalue weighted by atomic mass is 79.9. The fourth-order valence-electron chi connectivity index (χ4n) is 1.29. The first-order valence-electron chi connectivity index (χ1n) is 5.13. The predicted octanol–water partition coefficient (Wildman–Crippen LogP) is 3.07. The van der Waals surface area contributed by atoms with E-state index in [9.17, 15) is 4.79 Å². The van der Waals surface area contributed by atoms with Crippen molar-refractivity contribution in [1.82, 2.24) is 0 Å². The second-order valence-electron chi connectivity index (χ2n) is 3.24. The molecule has 3 nitrogen and oxygen atoms in total. The maximum absolute atomic E-state index is 11.7. The number of rotatable bonds is 6. The molecule has 0 saturated heterocycles. The lowest BCUT2D eigenvalue weighted by molar-refractivity contribution is 0.0932. The molecule has 1 aromatic rings. The molecule has 0 atom stereocenters. The molecule has 1 aromatic carbocycles. The lowest BCUT2D eigenvalue weighted by atomic mass is 10.1. The van der Waals surface area contributed by atoms with Crippen molar-refractivity contribution in [2.75, 3.05) is 20.3 Å². The molecule has 16 heavy (non-hydrogen) atoms. The van der Waals surface area contributed by atoms with E-state index in [-0.39, 0.29) is 5.78 Å². The molecular formula is C12H15BrO3. The summed E-state index contributed by atoms with van der Waals surface area (Å²) in [6.45, 7) is 2.98. The van der Waals surface area contributed by atoms with Crippen molar-refractivity contribution in [2.45, 2.75) is 13.3 Å². The molecule has 0 unspecified atom stereocenters. The first kappa shape index (κ1) is 13.2. The lowest BCUT2D eigenvalue weighted by Gasteiger charge is -2.07. The van der Waals surface area contributed by atoms with Crippen LogP contribution < -0.4 is 4.74 Å². The molecule has 1 rings (SSSR count). The van der Waals surface area contributed by atoms with Crippen LogP contribution in [0, 0.1) is 0 Å². The summed E-state index contributed by atoms with van der Waals surface area (Å²) >= 11 is 3.38. The number of carbonyl (C=O) groups excluding carboxylic acids is 1. The Morgan fingerprint density at radius 3 is 2.75 bits per heavy atom. The summed E-state index contributed by atoms with van der Waals surface area (Å²) in [6.07, 6.45) is 0.400. The third kappa shape index (κ3) is 3.61. The number of ether oxygens (including phenoxy) is 2. The van der Waals surface area contributed by atoms with Gasteiger partial charge in [-0.3, -0.25) is 4.79 Å². The Balaban J connectivity index is 2.76. The van der Waals surface area contributed by atoms with Gasteiger partial charge in [0.1, 0.15) is 5.75 Å². The maximum atomic E-state index is 11.7. The maximum Gasteiger partial charge on any atom is 0.165 e. The zero-order valence-electron chi connectivity index (χ0n) is 9.46. The van der Waals surface area contributed by atoms with E-state index >= 15 is 0 Å². The number of halogens is 1. The topological polar surface area (TPSA) is 35.5 Å². The fraction of sp³-hybridized carbons (Fsp3) is 0.417. The predicted molar refractivity (Wildman–Crippen MR) is 66.1 cm³/mol. The van der Waals surface area contributed by atoms with E-state index in [1.807, 2.05) is 6.92 Å². The van der Waals surface area contributed by atoms with E-state index in [0.29, 0.717) is 25.2 Å². The second kappa shape index (κ2) is 6.66. The number of hydrogen-bond acceptors (Lipinski definition) is 3. The van der Waals surface area contributed by atoms with Gasteiger partial charge in [0.15, 0.2) is 5.78 Å². The van der Waals surface area contributed by atoms with Crippen LogP contribution >= 0.6 is 15.9 Å². The van der Waals surface area contributed by atoms with Crippen molar-refractivity contribution < 1.29 is 14.3 Å². The molecule has 0 radical (unpaired) electrons. The quantitative estimate of drug-likeness (QED) is 0.754. The molecule has 0 aliphatic heterocycles. The average molecular weight is 287 g/mol. The third-order valence-electron chi connectivity index (χ3n) is 2.09. The number of hydrogen-bond donors (Lipinski definition) is 0. The van der Waals surface area contributed by atoms with Gasteiger partial charge >= 0.3 is 0 Å². The van der Waals surface area contributed by atoms with Crippen LogP contribution in [0.25, 0.3) is 0 Å². The Kier molecular flexibility index (Phi) is 5.49. The monoisotopic (exact) mass is 286 g/mol. The summed E-state index contributed by atoms with van der Waals surface area (Å²) in [5.41, 5.74) is 0.673. The summed E-state index contributed by atoms with van der Waals surface area (Å²) in [5, 5.41) is 0. The fourth-order valence-corrected chi connectivity index (χ4v) is 1.78. The van der Waals surface area contributed by atoms with Crippen LogP contribution in [0.4, 0.5) is 0 Å². The van der Waals surface area contributed by atoms with Gasteiger partial charge in [0.05, 0.1) is 17.7 Å². The Hall–Kier alpha value is -0.870. The summed E-state index contributed by atoms with van der Waals surface area (Å²) < 4.78 is 11.0. The van der Waals surface area contributed by atoms with E-state index in [4.69, 9.17) is 9.47 Å². The SMILES string of the molecule is CCOc1ccc(C(=O)CCOC)cc1Br. The molecule has 0 spiro atoms. The Morgan fingerprint density at radius 1 is 1.44 bits per heavy atom. The summed E-state index contributed by atoms with van der Waals surface area (Å²) in [7, 11) is 1.58. The standard InChI is InChI=1S/C12H15BrO3/c1-3-16-12-5-4-9(8-10(12)13)11(14)6-7-15-2/h4-5,8H,3,6-7H2,1-2H3. The lowest BCUT2D eigenvalue weighted by Crippen LogP contribution is -2.03. The minimum absolute atomic E-state index is 0.0746. The molecule has 0 saturated carbocycles. The van der Waals surface area contributed by atoms with E-state index in [1.54, 1.807) is 25.3 Å². The number of Topliss-reactive ketones (excluding diaryl/α,β-unsaturated/α-hetero) is 1. The van der Waals surface area contributed by atoms with Crippen LogP contribution in [-0.2, 0) is 4.74 Å². The van der Waals surface area contributed by atoms with E-state index in [0.717, 1.165) is 10.2 Å². The molecule has 0 aliphatic rings. The number of methoxy groups -OCH3 is 1. The second-order valence-corrected chi connectivity index (χ2v) is 4.10. The first-order valence-corrected chi connectivity index (χ1v) is 5.92. The molecule has 4 heteroatoms. The van der Waals surface area contributed by atoms with Gasteiger partial charge < -0.3 is 9.47 Å². The van der Waals surface area contributed by atoms with Crippen LogP contribution in [0.2, 0.25) is 0 Å². The van der Waals surface area contributed by atoms with E-state index in [2.05, 4.69) is 15.9 Å². The van der Waals surface area contributed by atoms with E-state index in [1.165, 1.54) is 0 Å². The van der Waals surface area contributed by atoms with Crippen molar-refractivity contribution in [2.24, 2.45) is 0 Å². The van der Waals surface area contributed by atoms with Gasteiger partial charge in [-0.2, -0.15) is 0 Å². The Morgan fingerprint density at radius 2 is 2.19 bits per heavy atom. The Labute approximate surface area is 104 Å². The van der Waals surface area contributed by atoms with Gasteiger partial charge in [-0.05, 0) is 41.1 Å². The first-order chi connectivity index (χ1) is 7.69. The van der Waals surface area contributed by atoms with Crippen molar-refractivity contribution in [3.05, 3.63) is 28.2 Å². The molecule has 0 N–H and O–H groups in total. The number of carbonyl (C=O) groups is 1. The van der Waals surface area contributed by atoms with Crippen LogP contribution in [0.15, 0.2) is 22.7 Å². The van der Waals surface area contributed by atoms with Crippen molar-refractivity contribution in [1.29, 1.82) is 0 Å². The highest BCUT2D eigenvalue weighted by molar-refractivity contribution is 9.10. The van der Waals surface area contributed by atoms with Crippen LogP contribution in [0.5, 0.6) is 5.75 Å². The normalized spacial score (nSPS) is 10.2. The molecule has 0 fully saturated rings. The van der Waals surface area contributed by atoms with Crippen molar-refractivity contribution >= 4 is 21.7 Å². The zero-order valence-corrected chi connectivity index (χ0v) is 11.0. The highest BCUT2D eigenvalue weighted by Crippen LogP contribution is 2.26. The summed E-state index contributed by atoms with van der Waals surface area (Å²) in [5.74, 6) is 0.830. The van der Waals surface area contributed by atoms with Crippen LogP contribution in [0.3, 0.4) is 0 Å². The number of benzene rings is 1. The third-order valence-corrected chi connectivity index (χ3v) is 2.71. The molecular weight excluding hydrogens is 272 g/mol. The van der Waals surface area contributed by atoms with Gasteiger partial charge in [-0.15, -0.1) is 0 Å². The van der Waals surface area contributed by atoms with Crippen LogP contribution in [0.1, 0.15) is 23.7 Å². The molecule has 0 aromatic heterocycles. The Bertz CT molecular complexity index is 363. The largest absolute Gasteiger partial charge is 0.493 e. The molecule has 0 amide bonds. The molecule has 0 aliphatic carbocycles. The molecule has 88 valence electrons. The minimum Gasteiger partial charge on any atom is -0.493 e. The van der Waals surface area contributed by atoms with Crippen molar-refractivity contribution in [3.8, 4) is 5.75 Å². The van der Waals surface area contributed by atoms with Crippen molar-refractivity contribution in [3.63, 3.8) is 0 Å². The minimum atomic E-state index is 0.0746. The van der Waals surface area contributed by atoms with Gasteiger partial charge in [-0.25, -0.2) is 0 Å². The molecule has 0 heterocycles. The number of ketones is 1. The van der Waals surface area contributed by atoms with E-state index < -0.39 is 0 Å². The van der Waals surface area contributed by atoms with Gasteiger partial charge in [0.25, 0.3) is 0 Å². The van der Waals surface area contributed by atoms with Crippen LogP contribution in [-0.4, -0.2) is 26.1 Å². The summed E-state index contributed by atoms with van der Waals surface area (Å²) in [6, 6.07) is 5.35.